The maximum atomic E-state index is 12.2. The minimum absolute atomic E-state index is 0.00796. The van der Waals surface area contributed by atoms with Crippen LogP contribution in [-0.4, -0.2) is 35.5 Å². The monoisotopic (exact) mass is 442 g/mol. The van der Waals surface area contributed by atoms with Crippen molar-refractivity contribution in [3.8, 4) is 17.0 Å². The lowest BCUT2D eigenvalue weighted by Crippen LogP contribution is -2.29. The van der Waals surface area contributed by atoms with Crippen molar-refractivity contribution in [3.63, 3.8) is 0 Å². The fourth-order valence-electron chi connectivity index (χ4n) is 3.52. The summed E-state index contributed by atoms with van der Waals surface area (Å²) in [5.74, 6) is 0.600. The largest absolute Gasteiger partial charge is 0.484 e. The zero-order valence-electron chi connectivity index (χ0n) is 16.8. The average Bonchev–Trinajstić information content (AvgIpc) is 3.41. The maximum Gasteiger partial charge on any atom is 0.258 e. The van der Waals surface area contributed by atoms with Gasteiger partial charge < -0.3 is 15.8 Å². The van der Waals surface area contributed by atoms with Crippen molar-refractivity contribution < 1.29 is 9.53 Å². The number of amides is 1. The summed E-state index contributed by atoms with van der Waals surface area (Å²) in [5, 5.41) is 7.44. The van der Waals surface area contributed by atoms with Gasteiger partial charge in [0.05, 0.1) is 12.2 Å². The van der Waals surface area contributed by atoms with Crippen molar-refractivity contribution in [2.45, 2.75) is 32.4 Å². The van der Waals surface area contributed by atoms with Crippen LogP contribution in [0.5, 0.6) is 5.75 Å². The first-order valence-electron chi connectivity index (χ1n) is 10.2. The van der Waals surface area contributed by atoms with E-state index in [4.69, 9.17) is 10.5 Å². The number of rotatable bonds is 8. The first kappa shape index (κ1) is 20.8. The molecule has 0 aliphatic carbocycles. The summed E-state index contributed by atoms with van der Waals surface area (Å²) in [6, 6.07) is 10.1. The van der Waals surface area contributed by atoms with E-state index in [0.29, 0.717) is 11.7 Å². The molecule has 0 atom stereocenters. The number of nitrogens with zero attached hydrogens (tertiary/aromatic N) is 2. The summed E-state index contributed by atoms with van der Waals surface area (Å²) in [4.78, 5) is 20.0. The fourth-order valence-corrected chi connectivity index (χ4v) is 4.91. The number of likely N-dealkylation sites (tertiary alicyclic amines) is 1. The Hall–Kier alpha value is -2.42. The van der Waals surface area contributed by atoms with Crippen LogP contribution in [0.3, 0.4) is 0 Å². The number of hydrogen-bond donors (Lipinski definition) is 2. The fraction of sp³-hybridized carbons (Fsp3) is 0.364. The van der Waals surface area contributed by atoms with Crippen LogP contribution in [0.4, 0.5) is 5.13 Å². The molecule has 3 heterocycles. The van der Waals surface area contributed by atoms with Gasteiger partial charge in [0.2, 0.25) is 0 Å². The van der Waals surface area contributed by atoms with Gasteiger partial charge in [0.25, 0.3) is 5.91 Å². The van der Waals surface area contributed by atoms with E-state index in [9.17, 15) is 4.79 Å². The Morgan fingerprint density at radius 1 is 1.17 bits per heavy atom. The number of carbonyl (C=O) groups is 1. The first-order valence-corrected chi connectivity index (χ1v) is 11.9. The number of nitrogen functional groups attached to an aromatic ring is 1. The van der Waals surface area contributed by atoms with Crippen molar-refractivity contribution in [1.29, 1.82) is 0 Å². The normalized spacial score (nSPS) is 14.5. The first-order chi connectivity index (χ1) is 14.7. The third-order valence-electron chi connectivity index (χ3n) is 5.05. The lowest BCUT2D eigenvalue weighted by Gasteiger charge is -2.26. The highest BCUT2D eigenvalue weighted by Crippen LogP contribution is 2.27. The zero-order chi connectivity index (χ0) is 20.8. The van der Waals surface area contributed by atoms with Crippen molar-refractivity contribution in [3.05, 3.63) is 51.5 Å². The summed E-state index contributed by atoms with van der Waals surface area (Å²) in [6.07, 6.45) is 3.89. The number of nitrogens with one attached hydrogen (secondary N) is 1. The summed E-state index contributed by atoms with van der Waals surface area (Å²) in [7, 11) is 0. The molecular weight excluding hydrogens is 416 g/mol. The van der Waals surface area contributed by atoms with Gasteiger partial charge in [-0.05, 0) is 49.7 Å². The minimum Gasteiger partial charge on any atom is -0.484 e. The van der Waals surface area contributed by atoms with E-state index in [1.165, 1.54) is 36.2 Å². The lowest BCUT2D eigenvalue weighted by atomic mass is 10.1. The van der Waals surface area contributed by atoms with Gasteiger partial charge in [-0.25, -0.2) is 4.98 Å². The Bertz CT molecular complexity index is 979. The van der Waals surface area contributed by atoms with Crippen molar-refractivity contribution in [1.82, 2.24) is 15.2 Å². The molecule has 1 amide bonds. The number of benzene rings is 1. The molecule has 1 aliphatic rings. The Morgan fingerprint density at radius 2 is 2.03 bits per heavy atom. The Balaban J connectivity index is 1.23. The number of piperidine rings is 1. The molecule has 1 aromatic carbocycles. The standard InChI is InChI=1S/C22H26N4O2S2/c23-22-25-20(15-30-22)17-10-19(29-14-17)11-24-21(27)13-28-18-6-4-5-16(9-18)12-26-7-2-1-3-8-26/h4-6,9-10,14-15H,1-3,7-8,11-13H2,(H2,23,25)(H,24,27). The highest BCUT2D eigenvalue weighted by atomic mass is 32.1. The molecule has 158 valence electrons. The van der Waals surface area contributed by atoms with Crippen LogP contribution in [0.25, 0.3) is 11.3 Å². The zero-order valence-corrected chi connectivity index (χ0v) is 18.4. The van der Waals surface area contributed by atoms with E-state index in [0.717, 1.165) is 41.5 Å². The minimum atomic E-state index is -0.135. The van der Waals surface area contributed by atoms with Crippen molar-refractivity contribution >= 4 is 33.7 Å². The van der Waals surface area contributed by atoms with E-state index in [1.54, 1.807) is 11.3 Å². The number of thiazole rings is 1. The van der Waals surface area contributed by atoms with Gasteiger partial charge in [-0.3, -0.25) is 9.69 Å². The number of hydrogen-bond acceptors (Lipinski definition) is 7. The van der Waals surface area contributed by atoms with Gasteiger partial charge in [0.15, 0.2) is 11.7 Å². The van der Waals surface area contributed by atoms with E-state index >= 15 is 0 Å². The van der Waals surface area contributed by atoms with E-state index < -0.39 is 0 Å². The summed E-state index contributed by atoms with van der Waals surface area (Å²) in [5.41, 5.74) is 8.82. The number of aromatic nitrogens is 1. The second-order valence-corrected chi connectivity index (χ2v) is 9.31. The molecule has 8 heteroatoms. The molecule has 1 fully saturated rings. The topological polar surface area (TPSA) is 80.5 Å². The Morgan fingerprint density at radius 3 is 2.83 bits per heavy atom. The SMILES string of the molecule is Nc1nc(-c2csc(CNC(=O)COc3cccc(CN4CCCCC4)c3)c2)cs1. The molecule has 4 rings (SSSR count). The quantitative estimate of drug-likeness (QED) is 0.548. The van der Waals surface area contributed by atoms with Crippen LogP contribution in [0, 0.1) is 0 Å². The molecule has 0 saturated carbocycles. The van der Waals surface area contributed by atoms with Gasteiger partial charge >= 0.3 is 0 Å². The van der Waals surface area contributed by atoms with Crippen molar-refractivity contribution in [2.75, 3.05) is 25.4 Å². The number of carbonyl (C=O) groups excluding carboxylic acids is 1. The Labute approximate surface area is 184 Å². The maximum absolute atomic E-state index is 12.2. The second kappa shape index (κ2) is 10.1. The van der Waals surface area contributed by atoms with E-state index in [1.807, 2.05) is 35.0 Å². The van der Waals surface area contributed by atoms with Crippen LogP contribution in [0.15, 0.2) is 41.1 Å². The van der Waals surface area contributed by atoms with Crippen LogP contribution < -0.4 is 15.8 Å². The Kier molecular flexibility index (Phi) is 6.99. The number of nitrogens with two attached hydrogens (primary N) is 1. The molecular formula is C22H26N4O2S2. The van der Waals surface area contributed by atoms with Gasteiger partial charge in [-0.1, -0.05) is 18.6 Å². The summed E-state index contributed by atoms with van der Waals surface area (Å²) < 4.78 is 5.71. The van der Waals surface area contributed by atoms with Crippen LogP contribution in [0.2, 0.25) is 0 Å². The second-order valence-electron chi connectivity index (χ2n) is 7.42. The molecule has 0 radical (unpaired) electrons. The van der Waals surface area contributed by atoms with E-state index in [2.05, 4.69) is 21.3 Å². The molecule has 1 aliphatic heterocycles. The van der Waals surface area contributed by atoms with Gasteiger partial charge in [0, 0.05) is 27.7 Å². The molecule has 6 nitrogen and oxygen atoms in total. The van der Waals surface area contributed by atoms with Crippen LogP contribution in [-0.2, 0) is 17.9 Å². The molecule has 0 unspecified atom stereocenters. The summed E-state index contributed by atoms with van der Waals surface area (Å²) >= 11 is 3.02. The molecule has 1 saturated heterocycles. The number of anilines is 1. The lowest BCUT2D eigenvalue weighted by molar-refractivity contribution is -0.123. The molecule has 0 spiro atoms. The smallest absolute Gasteiger partial charge is 0.258 e. The van der Waals surface area contributed by atoms with Gasteiger partial charge in [0.1, 0.15) is 5.75 Å². The van der Waals surface area contributed by atoms with Gasteiger partial charge in [-0.15, -0.1) is 22.7 Å². The average molecular weight is 443 g/mol. The highest BCUT2D eigenvalue weighted by Gasteiger charge is 2.11. The van der Waals surface area contributed by atoms with Crippen LogP contribution in [0.1, 0.15) is 29.7 Å². The van der Waals surface area contributed by atoms with Crippen molar-refractivity contribution in [2.24, 2.45) is 0 Å². The van der Waals surface area contributed by atoms with Crippen LogP contribution >= 0.6 is 22.7 Å². The van der Waals surface area contributed by atoms with Gasteiger partial charge in [-0.2, -0.15) is 0 Å². The molecule has 0 bridgehead atoms. The molecule has 2 aromatic heterocycles. The predicted octanol–water partition coefficient (Wildman–Crippen LogP) is 4.13. The molecule has 30 heavy (non-hydrogen) atoms. The molecule has 3 N–H and O–H groups in total. The van der Waals surface area contributed by atoms with E-state index in [-0.39, 0.29) is 12.5 Å². The third kappa shape index (κ3) is 5.81. The predicted molar refractivity (Wildman–Crippen MR) is 123 cm³/mol. The number of ether oxygens (including phenoxy) is 1. The number of thiophene rings is 1. The third-order valence-corrected chi connectivity index (χ3v) is 6.67. The molecule has 3 aromatic rings. The highest BCUT2D eigenvalue weighted by molar-refractivity contribution is 7.14. The summed E-state index contributed by atoms with van der Waals surface area (Å²) in [6.45, 7) is 3.74.